The Balaban J connectivity index is 1.75. The topological polar surface area (TPSA) is 66.1 Å². The summed E-state index contributed by atoms with van der Waals surface area (Å²) in [5.41, 5.74) is 4.47. The Hall–Kier alpha value is -3.02. The van der Waals surface area contributed by atoms with Crippen molar-refractivity contribution in [2.75, 3.05) is 24.6 Å². The number of aromatic nitrogens is 3. The van der Waals surface area contributed by atoms with Gasteiger partial charge in [-0.25, -0.2) is 0 Å². The summed E-state index contributed by atoms with van der Waals surface area (Å²) in [6.45, 7) is 10.3. The third-order valence-corrected chi connectivity index (χ3v) is 4.81. The molecule has 6 nitrogen and oxygen atoms in total. The van der Waals surface area contributed by atoms with E-state index in [9.17, 15) is 0 Å². The molecule has 0 amide bonds. The minimum absolute atomic E-state index is 0.408. The molecule has 0 saturated carbocycles. The number of allylic oxidation sites excluding steroid dienone is 3. The zero-order chi connectivity index (χ0) is 18.1. The minimum atomic E-state index is -0.408. The van der Waals surface area contributed by atoms with Crippen LogP contribution < -0.4 is 15.0 Å². The molecule has 0 fully saturated rings. The van der Waals surface area contributed by atoms with Gasteiger partial charge in [0.1, 0.15) is 23.7 Å². The van der Waals surface area contributed by atoms with Crippen molar-refractivity contribution in [2.45, 2.75) is 19.4 Å². The quantitative estimate of drug-likeness (QED) is 0.830. The van der Waals surface area contributed by atoms with Gasteiger partial charge in [-0.05, 0) is 38.1 Å². The maximum atomic E-state index is 5.80. The predicted octanol–water partition coefficient (Wildman–Crippen LogP) is 3.13. The average molecular weight is 349 g/mol. The van der Waals surface area contributed by atoms with Gasteiger partial charge in [-0.3, -0.25) is 0 Å². The van der Waals surface area contributed by atoms with Crippen molar-refractivity contribution in [1.82, 2.24) is 20.7 Å². The molecule has 0 bridgehead atoms. The lowest BCUT2D eigenvalue weighted by Crippen LogP contribution is -2.38. The molecule has 2 aromatic rings. The van der Waals surface area contributed by atoms with Gasteiger partial charge in [-0.15, -0.1) is 6.58 Å². The van der Waals surface area contributed by atoms with Crippen molar-refractivity contribution in [3.63, 3.8) is 0 Å². The number of dihydropyridines is 1. The molecule has 0 aliphatic carbocycles. The van der Waals surface area contributed by atoms with Crippen LogP contribution in [0.4, 0.5) is 5.69 Å². The SMILES string of the molecule is C=CCN1CCOc2ccc(-c3n[nH]nc3C3(C)C=CC=C(C)N3)cc21. The van der Waals surface area contributed by atoms with Gasteiger partial charge in [0.15, 0.2) is 0 Å². The summed E-state index contributed by atoms with van der Waals surface area (Å²) in [6, 6.07) is 6.17. The van der Waals surface area contributed by atoms with Crippen LogP contribution in [-0.4, -0.2) is 35.1 Å². The molecule has 0 saturated heterocycles. The number of nitrogens with one attached hydrogen (secondary N) is 2. The molecule has 6 heteroatoms. The third kappa shape index (κ3) is 2.77. The van der Waals surface area contributed by atoms with Crippen molar-refractivity contribution < 1.29 is 4.74 Å². The van der Waals surface area contributed by atoms with Crippen LogP contribution in [0.1, 0.15) is 19.5 Å². The largest absolute Gasteiger partial charge is 0.490 e. The zero-order valence-electron chi connectivity index (χ0n) is 15.1. The molecular weight excluding hydrogens is 326 g/mol. The fourth-order valence-corrected chi connectivity index (χ4v) is 3.58. The third-order valence-electron chi connectivity index (χ3n) is 4.81. The summed E-state index contributed by atoms with van der Waals surface area (Å²) in [4.78, 5) is 2.27. The maximum absolute atomic E-state index is 5.80. The van der Waals surface area contributed by atoms with Gasteiger partial charge < -0.3 is 15.0 Å². The van der Waals surface area contributed by atoms with E-state index in [4.69, 9.17) is 4.74 Å². The Morgan fingerprint density at radius 1 is 1.38 bits per heavy atom. The first-order valence-electron chi connectivity index (χ1n) is 8.79. The minimum Gasteiger partial charge on any atom is -0.490 e. The highest BCUT2D eigenvalue weighted by molar-refractivity contribution is 5.73. The second-order valence-electron chi connectivity index (χ2n) is 6.82. The first kappa shape index (κ1) is 16.4. The van der Waals surface area contributed by atoms with Gasteiger partial charge in [-0.2, -0.15) is 15.4 Å². The number of H-pyrrole nitrogens is 1. The number of benzene rings is 1. The summed E-state index contributed by atoms with van der Waals surface area (Å²) in [6.07, 6.45) is 8.12. The lowest BCUT2D eigenvalue weighted by molar-refractivity contribution is 0.309. The molecule has 3 heterocycles. The Morgan fingerprint density at radius 2 is 2.27 bits per heavy atom. The summed E-state index contributed by atoms with van der Waals surface area (Å²) in [5.74, 6) is 0.896. The number of ether oxygens (including phenoxy) is 1. The molecule has 4 rings (SSSR count). The van der Waals surface area contributed by atoms with Crippen LogP contribution in [0, 0.1) is 0 Å². The van der Waals surface area contributed by atoms with E-state index in [-0.39, 0.29) is 0 Å². The zero-order valence-corrected chi connectivity index (χ0v) is 15.1. The molecule has 1 atom stereocenters. The summed E-state index contributed by atoms with van der Waals surface area (Å²) in [7, 11) is 0. The van der Waals surface area contributed by atoms with Crippen LogP contribution in [0.25, 0.3) is 11.3 Å². The van der Waals surface area contributed by atoms with Gasteiger partial charge in [0, 0.05) is 17.8 Å². The number of nitrogens with zero attached hydrogens (tertiary/aromatic N) is 3. The first-order chi connectivity index (χ1) is 12.6. The summed E-state index contributed by atoms with van der Waals surface area (Å²) in [5, 5.41) is 15.2. The number of aromatic amines is 1. The molecule has 134 valence electrons. The van der Waals surface area contributed by atoms with Crippen molar-refractivity contribution >= 4 is 5.69 Å². The van der Waals surface area contributed by atoms with E-state index in [1.54, 1.807) is 0 Å². The smallest absolute Gasteiger partial charge is 0.142 e. The van der Waals surface area contributed by atoms with Crippen molar-refractivity contribution in [3.8, 4) is 17.0 Å². The lowest BCUT2D eigenvalue weighted by atomic mass is 9.91. The number of hydrogen-bond donors (Lipinski definition) is 2. The van der Waals surface area contributed by atoms with Crippen molar-refractivity contribution in [3.05, 3.63) is 60.5 Å². The first-order valence-corrected chi connectivity index (χ1v) is 8.79. The van der Waals surface area contributed by atoms with E-state index in [0.29, 0.717) is 6.61 Å². The number of anilines is 1. The molecule has 26 heavy (non-hydrogen) atoms. The molecule has 0 radical (unpaired) electrons. The second kappa shape index (κ2) is 6.37. The van der Waals surface area contributed by atoms with Crippen LogP contribution >= 0.6 is 0 Å². The highest BCUT2D eigenvalue weighted by Crippen LogP contribution is 2.38. The van der Waals surface area contributed by atoms with E-state index < -0.39 is 5.54 Å². The second-order valence-corrected chi connectivity index (χ2v) is 6.82. The van der Waals surface area contributed by atoms with Crippen molar-refractivity contribution in [2.24, 2.45) is 0 Å². The molecule has 2 aliphatic rings. The van der Waals surface area contributed by atoms with Gasteiger partial charge in [-0.1, -0.05) is 18.2 Å². The molecular formula is C20H23N5O. The van der Waals surface area contributed by atoms with E-state index in [1.165, 1.54) is 0 Å². The monoisotopic (exact) mass is 349 g/mol. The number of fused-ring (bicyclic) bond motifs is 1. The Bertz CT molecular complexity index is 897. The van der Waals surface area contributed by atoms with Crippen LogP contribution in [0.2, 0.25) is 0 Å². The van der Waals surface area contributed by atoms with E-state index in [2.05, 4.69) is 57.3 Å². The van der Waals surface area contributed by atoms with E-state index >= 15 is 0 Å². The van der Waals surface area contributed by atoms with Gasteiger partial charge in [0.25, 0.3) is 0 Å². The maximum Gasteiger partial charge on any atom is 0.142 e. The van der Waals surface area contributed by atoms with Crippen LogP contribution in [0.15, 0.2) is 54.8 Å². The van der Waals surface area contributed by atoms with Crippen molar-refractivity contribution in [1.29, 1.82) is 0 Å². The standard InChI is InChI=1S/C20H23N5O/c1-4-10-25-11-12-26-17-8-7-15(13-16(17)25)18-19(23-24-22-18)20(3)9-5-6-14(2)21-20/h4-9,13,21H,1,10-12H2,2-3H3,(H,22,23,24). The number of hydrogen-bond acceptors (Lipinski definition) is 5. The molecule has 1 aromatic carbocycles. The molecule has 1 aromatic heterocycles. The van der Waals surface area contributed by atoms with Gasteiger partial charge in [0.05, 0.1) is 17.8 Å². The Morgan fingerprint density at radius 3 is 3.08 bits per heavy atom. The van der Waals surface area contributed by atoms with Crippen LogP contribution in [0.5, 0.6) is 5.75 Å². The highest BCUT2D eigenvalue weighted by Gasteiger charge is 2.32. The molecule has 2 aliphatic heterocycles. The van der Waals surface area contributed by atoms with Crippen LogP contribution in [-0.2, 0) is 5.54 Å². The molecule has 2 N–H and O–H groups in total. The summed E-state index contributed by atoms with van der Waals surface area (Å²) < 4.78 is 5.80. The fraction of sp³-hybridized carbons (Fsp3) is 0.300. The normalized spacial score (nSPS) is 21.5. The Labute approximate surface area is 153 Å². The van der Waals surface area contributed by atoms with E-state index in [1.807, 2.05) is 31.2 Å². The molecule has 1 unspecified atom stereocenters. The highest BCUT2D eigenvalue weighted by atomic mass is 16.5. The predicted molar refractivity (Wildman–Crippen MR) is 103 cm³/mol. The van der Waals surface area contributed by atoms with Gasteiger partial charge in [0.2, 0.25) is 0 Å². The number of rotatable bonds is 4. The fourth-order valence-electron chi connectivity index (χ4n) is 3.58. The summed E-state index contributed by atoms with van der Waals surface area (Å²) >= 11 is 0. The average Bonchev–Trinajstić information content (AvgIpc) is 3.12. The van der Waals surface area contributed by atoms with E-state index in [0.717, 1.165) is 47.2 Å². The molecule has 0 spiro atoms. The lowest BCUT2D eigenvalue weighted by Gasteiger charge is -2.31. The van der Waals surface area contributed by atoms with Crippen LogP contribution in [0.3, 0.4) is 0 Å². The Kier molecular flexibility index (Phi) is 4.03. The van der Waals surface area contributed by atoms with Gasteiger partial charge >= 0.3 is 0 Å².